The second-order valence-corrected chi connectivity index (χ2v) is 13.9. The van der Waals surface area contributed by atoms with Gasteiger partial charge in [-0.25, -0.2) is 0 Å². The van der Waals surface area contributed by atoms with Crippen LogP contribution in [0.5, 0.6) is 11.5 Å². The molecule has 208 valence electrons. The molecule has 0 aromatic heterocycles. The zero-order valence-electron chi connectivity index (χ0n) is 23.7. The van der Waals surface area contributed by atoms with Crippen molar-refractivity contribution in [2.45, 2.75) is 51.9 Å². The first-order chi connectivity index (χ1) is 18.7. The number of rotatable bonds is 9. The SMILES string of the molecule is CC1CCC(C(C)C)C(OP(=O)(c2ccc(N(C)C)cc2)C(Nc2ccccc2)c2ccc3c(c2)OCO3)C1. The summed E-state index contributed by atoms with van der Waals surface area (Å²) >= 11 is 0. The maximum atomic E-state index is 15.7. The highest BCUT2D eigenvalue weighted by Gasteiger charge is 2.44. The Hall–Kier alpha value is -2.95. The lowest BCUT2D eigenvalue weighted by Crippen LogP contribution is -2.35. The van der Waals surface area contributed by atoms with E-state index in [9.17, 15) is 0 Å². The van der Waals surface area contributed by atoms with Crippen molar-refractivity contribution < 1.29 is 18.6 Å². The van der Waals surface area contributed by atoms with E-state index in [1.54, 1.807) is 0 Å². The van der Waals surface area contributed by atoms with Crippen LogP contribution < -0.4 is 25.0 Å². The van der Waals surface area contributed by atoms with Crippen molar-refractivity contribution in [1.82, 2.24) is 0 Å². The normalized spacial score (nSPS) is 22.8. The molecule has 0 amide bonds. The van der Waals surface area contributed by atoms with Gasteiger partial charge in [-0.1, -0.05) is 51.5 Å². The van der Waals surface area contributed by atoms with E-state index in [-0.39, 0.29) is 12.9 Å². The summed E-state index contributed by atoms with van der Waals surface area (Å²) in [4.78, 5) is 2.05. The molecule has 1 heterocycles. The quantitative estimate of drug-likeness (QED) is 0.277. The first-order valence-electron chi connectivity index (χ1n) is 14.0. The van der Waals surface area contributed by atoms with Gasteiger partial charge in [0.05, 0.1) is 6.10 Å². The van der Waals surface area contributed by atoms with Gasteiger partial charge in [0.1, 0.15) is 5.78 Å². The molecule has 39 heavy (non-hydrogen) atoms. The van der Waals surface area contributed by atoms with Crippen LogP contribution in [-0.2, 0) is 9.09 Å². The van der Waals surface area contributed by atoms with Crippen molar-refractivity contribution in [3.8, 4) is 11.5 Å². The molecule has 6 nitrogen and oxygen atoms in total. The van der Waals surface area contributed by atoms with Crippen molar-refractivity contribution in [2.75, 3.05) is 31.1 Å². The molecule has 1 fully saturated rings. The number of hydrogen-bond donors (Lipinski definition) is 1. The number of para-hydroxylation sites is 1. The summed E-state index contributed by atoms with van der Waals surface area (Å²) < 4.78 is 34.0. The van der Waals surface area contributed by atoms with E-state index >= 15 is 4.57 Å². The molecule has 5 atom stereocenters. The molecular weight excluding hydrogens is 507 g/mol. The van der Waals surface area contributed by atoms with Crippen LogP contribution in [0.2, 0.25) is 0 Å². The third kappa shape index (κ3) is 5.97. The van der Waals surface area contributed by atoms with Crippen LogP contribution in [0.3, 0.4) is 0 Å². The van der Waals surface area contributed by atoms with Crippen LogP contribution >= 0.6 is 7.37 Å². The Morgan fingerprint density at radius 2 is 1.67 bits per heavy atom. The van der Waals surface area contributed by atoms with Crippen molar-refractivity contribution in [3.05, 3.63) is 78.4 Å². The van der Waals surface area contributed by atoms with Gasteiger partial charge < -0.3 is 24.2 Å². The molecule has 7 heteroatoms. The number of anilines is 2. The molecule has 0 saturated heterocycles. The van der Waals surface area contributed by atoms with Gasteiger partial charge in [-0.3, -0.25) is 4.57 Å². The number of ether oxygens (including phenoxy) is 2. The third-order valence-corrected chi connectivity index (χ3v) is 10.8. The Morgan fingerprint density at radius 3 is 2.36 bits per heavy atom. The number of benzene rings is 3. The van der Waals surface area contributed by atoms with Crippen LogP contribution in [0, 0.1) is 17.8 Å². The minimum atomic E-state index is -3.54. The molecule has 3 aromatic carbocycles. The smallest absolute Gasteiger partial charge is 0.258 e. The number of hydrogen-bond acceptors (Lipinski definition) is 6. The first-order valence-corrected chi connectivity index (χ1v) is 15.7. The van der Waals surface area contributed by atoms with Gasteiger partial charge in [0, 0.05) is 30.8 Å². The second-order valence-electron chi connectivity index (χ2n) is 11.5. The molecule has 1 saturated carbocycles. The first kappa shape index (κ1) is 27.6. The zero-order valence-corrected chi connectivity index (χ0v) is 24.6. The maximum absolute atomic E-state index is 15.7. The van der Waals surface area contributed by atoms with E-state index in [1.807, 2.05) is 91.8 Å². The van der Waals surface area contributed by atoms with Crippen LogP contribution in [0.25, 0.3) is 0 Å². The summed E-state index contributed by atoms with van der Waals surface area (Å²) in [6.45, 7) is 6.98. The molecule has 0 spiro atoms. The van der Waals surface area contributed by atoms with Gasteiger partial charge >= 0.3 is 0 Å². The van der Waals surface area contributed by atoms with Crippen molar-refractivity contribution in [2.24, 2.45) is 17.8 Å². The fraction of sp³-hybridized carbons (Fsp3) is 0.438. The minimum Gasteiger partial charge on any atom is -0.454 e. The summed E-state index contributed by atoms with van der Waals surface area (Å²) in [5.74, 6) is 2.06. The monoisotopic (exact) mass is 548 g/mol. The van der Waals surface area contributed by atoms with Gasteiger partial charge in [0.15, 0.2) is 11.5 Å². The van der Waals surface area contributed by atoms with Gasteiger partial charge in [-0.05, 0) is 84.7 Å². The van der Waals surface area contributed by atoms with Gasteiger partial charge in [-0.2, -0.15) is 0 Å². The van der Waals surface area contributed by atoms with Crippen LogP contribution in [0.1, 0.15) is 51.4 Å². The minimum absolute atomic E-state index is 0.0952. The Balaban J connectivity index is 1.64. The summed E-state index contributed by atoms with van der Waals surface area (Å²) in [5.41, 5.74) is 2.77. The van der Waals surface area contributed by atoms with Crippen LogP contribution in [-0.4, -0.2) is 27.0 Å². The number of fused-ring (bicyclic) bond motifs is 1. The predicted molar refractivity (Wildman–Crippen MR) is 160 cm³/mol. The predicted octanol–water partition coefficient (Wildman–Crippen LogP) is 7.67. The molecule has 2 aliphatic rings. The Kier molecular flexibility index (Phi) is 8.25. The molecule has 3 aromatic rings. The fourth-order valence-electron chi connectivity index (χ4n) is 5.81. The topological polar surface area (TPSA) is 60.0 Å². The van der Waals surface area contributed by atoms with E-state index < -0.39 is 13.2 Å². The van der Waals surface area contributed by atoms with E-state index in [4.69, 9.17) is 14.0 Å². The molecule has 1 aliphatic carbocycles. The Bertz CT molecular complexity index is 1300. The van der Waals surface area contributed by atoms with Gasteiger partial charge in [0.2, 0.25) is 6.79 Å². The maximum Gasteiger partial charge on any atom is 0.258 e. The lowest BCUT2D eigenvalue weighted by Gasteiger charge is -2.41. The van der Waals surface area contributed by atoms with E-state index in [1.165, 1.54) is 6.42 Å². The summed E-state index contributed by atoms with van der Waals surface area (Å²) in [6, 6.07) is 23.7. The largest absolute Gasteiger partial charge is 0.454 e. The number of nitrogens with zero attached hydrogens (tertiary/aromatic N) is 1. The highest BCUT2D eigenvalue weighted by atomic mass is 31.2. The second kappa shape index (κ2) is 11.7. The fourth-order valence-corrected chi connectivity index (χ4v) is 8.43. The summed E-state index contributed by atoms with van der Waals surface area (Å²) in [6.07, 6.45) is 3.08. The van der Waals surface area contributed by atoms with Crippen molar-refractivity contribution in [1.29, 1.82) is 0 Å². The standard InChI is InChI=1S/C32H41N2O4P/c1-22(2)28-17-11-23(3)19-30(28)38-39(35,27-15-13-26(14-16-27)34(4)5)32(33-25-9-7-6-8-10-25)24-12-18-29-31(20-24)37-21-36-29/h6-10,12-16,18,20,22-23,28,30,32-33H,11,17,19,21H2,1-5H3. The van der Waals surface area contributed by atoms with Crippen molar-refractivity contribution >= 4 is 24.0 Å². The van der Waals surface area contributed by atoms with Crippen molar-refractivity contribution in [3.63, 3.8) is 0 Å². The molecule has 5 unspecified atom stereocenters. The van der Waals surface area contributed by atoms with Gasteiger partial charge in [-0.15, -0.1) is 0 Å². The molecule has 1 aliphatic heterocycles. The Morgan fingerprint density at radius 1 is 0.949 bits per heavy atom. The molecule has 1 N–H and O–H groups in total. The van der Waals surface area contributed by atoms with E-state index in [2.05, 4.69) is 26.1 Å². The zero-order chi connectivity index (χ0) is 27.6. The van der Waals surface area contributed by atoms with Crippen LogP contribution in [0.15, 0.2) is 72.8 Å². The van der Waals surface area contributed by atoms with Gasteiger partial charge in [0.25, 0.3) is 7.37 Å². The molecule has 5 rings (SSSR count). The van der Waals surface area contributed by atoms with E-state index in [0.717, 1.165) is 29.8 Å². The average molecular weight is 549 g/mol. The molecule has 0 bridgehead atoms. The third-order valence-electron chi connectivity index (χ3n) is 8.11. The average Bonchev–Trinajstić information content (AvgIpc) is 3.40. The highest BCUT2D eigenvalue weighted by Crippen LogP contribution is 2.62. The molecule has 0 radical (unpaired) electrons. The Labute approximate surface area is 233 Å². The molecular formula is C32H41N2O4P. The number of nitrogens with one attached hydrogen (secondary N) is 1. The van der Waals surface area contributed by atoms with Crippen LogP contribution in [0.4, 0.5) is 11.4 Å². The highest BCUT2D eigenvalue weighted by molar-refractivity contribution is 7.67. The summed E-state index contributed by atoms with van der Waals surface area (Å²) in [7, 11) is 0.474. The van der Waals surface area contributed by atoms with E-state index in [0.29, 0.717) is 34.6 Å². The summed E-state index contributed by atoms with van der Waals surface area (Å²) in [5, 5.41) is 4.32. The lowest BCUT2D eigenvalue weighted by atomic mass is 9.75. The lowest BCUT2D eigenvalue weighted by molar-refractivity contribution is 0.0489.